The standard InChI is InChI=1S/C19H21NO2PS/c1-13(21-3)12-14(2)22-23-18-15-8-4-5-10-17(15)24-19(18)16-9-6-7-11-20(16)23/h4-11,13-14H,12H2,1-3H3/q+1. The summed E-state index contributed by atoms with van der Waals surface area (Å²) in [5.74, 6) is 0. The molecule has 3 aromatic heterocycles. The molecule has 0 aliphatic carbocycles. The van der Waals surface area contributed by atoms with Gasteiger partial charge in [0.05, 0.1) is 12.2 Å². The normalized spacial score (nSPS) is 15.4. The molecule has 0 amide bonds. The predicted octanol–water partition coefficient (Wildman–Crippen LogP) is 5.02. The fourth-order valence-corrected chi connectivity index (χ4v) is 6.89. The minimum Gasteiger partial charge on any atom is -0.382 e. The number of benzene rings is 1. The van der Waals surface area contributed by atoms with Crippen LogP contribution in [0, 0.1) is 0 Å². The van der Waals surface area contributed by atoms with Crippen molar-refractivity contribution in [2.75, 3.05) is 7.11 Å². The lowest BCUT2D eigenvalue weighted by Crippen LogP contribution is -2.24. The van der Waals surface area contributed by atoms with Crippen LogP contribution >= 0.6 is 19.3 Å². The first-order chi connectivity index (χ1) is 11.7. The summed E-state index contributed by atoms with van der Waals surface area (Å²) in [5, 5.41) is 2.70. The number of ether oxygens (including phenoxy) is 1. The number of rotatable bonds is 5. The number of nitrogens with zero attached hydrogens (tertiary/aromatic N) is 1. The van der Waals surface area contributed by atoms with Crippen molar-refractivity contribution in [1.29, 1.82) is 0 Å². The maximum absolute atomic E-state index is 6.56. The molecule has 4 aromatic rings. The molecule has 24 heavy (non-hydrogen) atoms. The van der Waals surface area contributed by atoms with Gasteiger partial charge < -0.3 is 4.74 Å². The van der Waals surface area contributed by atoms with E-state index < -0.39 is 7.92 Å². The Balaban J connectivity index is 1.90. The van der Waals surface area contributed by atoms with E-state index in [1.807, 2.05) is 11.3 Å². The van der Waals surface area contributed by atoms with Gasteiger partial charge in [0.2, 0.25) is 5.52 Å². The van der Waals surface area contributed by atoms with Gasteiger partial charge in [0.1, 0.15) is 9.82 Å². The third kappa shape index (κ3) is 2.64. The van der Waals surface area contributed by atoms with Crippen LogP contribution in [0.2, 0.25) is 0 Å². The highest BCUT2D eigenvalue weighted by Gasteiger charge is 2.27. The molecule has 1 aromatic carbocycles. The van der Waals surface area contributed by atoms with Crippen molar-refractivity contribution >= 4 is 44.7 Å². The first-order valence-corrected chi connectivity index (χ1v) is 10.2. The highest BCUT2D eigenvalue weighted by atomic mass is 32.1. The Kier molecular flexibility index (Phi) is 4.31. The molecule has 5 heteroatoms. The zero-order valence-electron chi connectivity index (χ0n) is 14.1. The van der Waals surface area contributed by atoms with Gasteiger partial charge >= 0.3 is 0 Å². The number of pyridine rings is 1. The molecule has 0 aliphatic rings. The van der Waals surface area contributed by atoms with Crippen molar-refractivity contribution in [3.05, 3.63) is 48.7 Å². The fourth-order valence-electron chi connectivity index (χ4n) is 3.16. The van der Waals surface area contributed by atoms with Crippen LogP contribution in [0.5, 0.6) is 0 Å². The molecule has 3 atom stereocenters. The zero-order valence-corrected chi connectivity index (χ0v) is 15.8. The molecule has 0 fully saturated rings. The average Bonchev–Trinajstić information content (AvgIpc) is 3.11. The number of hydrogen-bond acceptors (Lipinski definition) is 3. The second kappa shape index (κ2) is 6.45. The lowest BCUT2D eigenvalue weighted by Gasteiger charge is -2.14. The molecule has 0 spiro atoms. The van der Waals surface area contributed by atoms with Crippen molar-refractivity contribution in [3.8, 4) is 0 Å². The second-order valence-electron chi connectivity index (χ2n) is 6.18. The Hall–Kier alpha value is -1.45. The van der Waals surface area contributed by atoms with Gasteiger partial charge in [-0.2, -0.15) is 0 Å². The van der Waals surface area contributed by atoms with E-state index in [0.29, 0.717) is 0 Å². The minimum absolute atomic E-state index is 0.149. The summed E-state index contributed by atoms with van der Waals surface area (Å²) in [4.78, 5) is 0. The molecule has 3 heterocycles. The second-order valence-corrected chi connectivity index (χ2v) is 8.86. The number of methoxy groups -OCH3 is 1. The maximum Gasteiger partial charge on any atom is 0.299 e. The van der Waals surface area contributed by atoms with Gasteiger partial charge in [-0.1, -0.05) is 18.2 Å². The predicted molar refractivity (Wildman–Crippen MR) is 102 cm³/mol. The molecule has 3 unspecified atom stereocenters. The summed E-state index contributed by atoms with van der Waals surface area (Å²) >= 11 is 1.87. The summed E-state index contributed by atoms with van der Waals surface area (Å²) in [6, 6.07) is 15.0. The highest BCUT2D eigenvalue weighted by molar-refractivity contribution is 7.48. The molecule has 0 radical (unpaired) electrons. The van der Waals surface area contributed by atoms with Gasteiger partial charge in [-0.3, -0.25) is 4.52 Å². The number of hydrogen-bond donors (Lipinski definition) is 0. The Morgan fingerprint density at radius 2 is 1.88 bits per heavy atom. The molecule has 0 N–H and O–H groups in total. The van der Waals surface area contributed by atoms with E-state index in [9.17, 15) is 0 Å². The fraction of sp³-hybridized carbons (Fsp3) is 0.316. The molecular formula is C19H21NO2PS+. The van der Waals surface area contributed by atoms with E-state index in [1.165, 1.54) is 25.4 Å². The zero-order chi connectivity index (χ0) is 16.7. The topological polar surface area (TPSA) is 22.6 Å². The summed E-state index contributed by atoms with van der Waals surface area (Å²) in [6.45, 7) is 4.24. The van der Waals surface area contributed by atoms with Crippen LogP contribution in [-0.4, -0.2) is 19.3 Å². The minimum atomic E-state index is -0.843. The van der Waals surface area contributed by atoms with Crippen molar-refractivity contribution in [3.63, 3.8) is 0 Å². The summed E-state index contributed by atoms with van der Waals surface area (Å²) < 4.78 is 17.0. The number of aromatic nitrogens is 1. The Morgan fingerprint density at radius 1 is 1.08 bits per heavy atom. The summed E-state index contributed by atoms with van der Waals surface area (Å²) in [5.41, 5.74) is 1.27. The van der Waals surface area contributed by atoms with Gasteiger partial charge in [0, 0.05) is 35.7 Å². The van der Waals surface area contributed by atoms with E-state index in [-0.39, 0.29) is 12.2 Å². The monoisotopic (exact) mass is 358 g/mol. The van der Waals surface area contributed by atoms with E-state index >= 15 is 0 Å². The summed E-state index contributed by atoms with van der Waals surface area (Å²) in [6.07, 6.45) is 3.40. The van der Waals surface area contributed by atoms with Crippen molar-refractivity contribution in [2.24, 2.45) is 0 Å². The average molecular weight is 358 g/mol. The van der Waals surface area contributed by atoms with Crippen LogP contribution in [0.4, 0.5) is 0 Å². The molecule has 0 saturated carbocycles. The highest BCUT2D eigenvalue weighted by Crippen LogP contribution is 2.45. The van der Waals surface area contributed by atoms with Crippen LogP contribution in [-0.2, 0) is 4.74 Å². The van der Waals surface area contributed by atoms with Crippen molar-refractivity contribution < 1.29 is 13.4 Å². The lowest BCUT2D eigenvalue weighted by molar-refractivity contribution is -0.438. The van der Waals surface area contributed by atoms with Crippen LogP contribution in [0.3, 0.4) is 0 Å². The number of fused-ring (bicyclic) bond motifs is 5. The van der Waals surface area contributed by atoms with E-state index in [2.05, 4.69) is 66.7 Å². The molecule has 0 bridgehead atoms. The Bertz CT molecular complexity index is 1000. The largest absolute Gasteiger partial charge is 0.382 e. The number of thiophene rings is 1. The smallest absolute Gasteiger partial charge is 0.299 e. The van der Waals surface area contributed by atoms with Gasteiger partial charge in [0.25, 0.3) is 7.92 Å². The van der Waals surface area contributed by atoms with E-state index in [0.717, 1.165) is 6.42 Å². The maximum atomic E-state index is 6.56. The Morgan fingerprint density at radius 3 is 2.71 bits per heavy atom. The van der Waals surface area contributed by atoms with Crippen LogP contribution < -0.4 is 8.69 Å². The third-order valence-electron chi connectivity index (χ3n) is 4.37. The van der Waals surface area contributed by atoms with Gasteiger partial charge in [-0.15, -0.1) is 15.5 Å². The van der Waals surface area contributed by atoms with Gasteiger partial charge in [-0.25, -0.2) is 0 Å². The third-order valence-corrected chi connectivity index (χ3v) is 7.87. The first kappa shape index (κ1) is 16.0. The van der Waals surface area contributed by atoms with Crippen molar-refractivity contribution in [1.82, 2.24) is 0 Å². The SMILES string of the molecule is COC(C)CC(C)Op1c2c3ccccc3sc2c2cccc[n+]21. The van der Waals surface area contributed by atoms with Gasteiger partial charge in [0.15, 0.2) is 6.20 Å². The molecule has 3 nitrogen and oxygen atoms in total. The van der Waals surface area contributed by atoms with E-state index in [4.69, 9.17) is 9.26 Å². The molecule has 0 aliphatic heterocycles. The molecule has 4 rings (SSSR count). The quantitative estimate of drug-likeness (QED) is 0.500. The lowest BCUT2D eigenvalue weighted by atomic mass is 10.2. The summed E-state index contributed by atoms with van der Waals surface area (Å²) in [7, 11) is 0.914. The van der Waals surface area contributed by atoms with Crippen LogP contribution in [0.25, 0.3) is 25.4 Å². The van der Waals surface area contributed by atoms with E-state index in [1.54, 1.807) is 7.11 Å². The first-order valence-electron chi connectivity index (χ1n) is 8.21. The van der Waals surface area contributed by atoms with Crippen LogP contribution in [0.1, 0.15) is 20.3 Å². The molecule has 124 valence electrons. The molecular weight excluding hydrogens is 337 g/mol. The Labute approximate surface area is 146 Å². The molecule has 0 saturated heterocycles. The van der Waals surface area contributed by atoms with Gasteiger partial charge in [-0.05, 0) is 26.0 Å². The van der Waals surface area contributed by atoms with Crippen LogP contribution in [0.15, 0.2) is 48.7 Å². The van der Waals surface area contributed by atoms with Crippen molar-refractivity contribution in [2.45, 2.75) is 32.5 Å².